The molecule has 34 heavy (non-hydrogen) atoms. The predicted octanol–water partition coefficient (Wildman–Crippen LogP) is 7.17. The van der Waals surface area contributed by atoms with Gasteiger partial charge in [-0.2, -0.15) is 0 Å². The molecule has 2 aromatic rings. The lowest BCUT2D eigenvalue weighted by Crippen LogP contribution is -2.42. The molecule has 178 valence electrons. The first-order chi connectivity index (χ1) is 16.3. The summed E-state index contributed by atoms with van der Waals surface area (Å²) in [5, 5.41) is 0. The fourth-order valence-electron chi connectivity index (χ4n) is 6.74. The van der Waals surface area contributed by atoms with Gasteiger partial charge < -0.3 is 4.90 Å². The number of para-hydroxylation sites is 1. The predicted molar refractivity (Wildman–Crippen MR) is 144 cm³/mol. The molecule has 1 aliphatic heterocycles. The van der Waals surface area contributed by atoms with E-state index in [1.807, 2.05) is 66.4 Å². The number of hydrogen-bond acceptors (Lipinski definition) is 3. The Kier molecular flexibility index (Phi) is 5.92. The monoisotopic (exact) mass is 472 g/mol. The minimum atomic E-state index is -0.0365. The van der Waals surface area contributed by atoms with Crippen molar-refractivity contribution in [3.63, 3.8) is 0 Å². The van der Waals surface area contributed by atoms with Crippen LogP contribution in [-0.2, 0) is 0 Å². The highest BCUT2D eigenvalue weighted by Gasteiger charge is 2.63. The van der Waals surface area contributed by atoms with Gasteiger partial charge in [0.15, 0.2) is 0 Å². The van der Waals surface area contributed by atoms with Crippen LogP contribution < -0.4 is 4.90 Å². The summed E-state index contributed by atoms with van der Waals surface area (Å²) in [5.74, 6) is 0.336. The first-order valence-electron chi connectivity index (χ1n) is 12.8. The molecule has 2 aromatic carbocycles. The van der Waals surface area contributed by atoms with Crippen LogP contribution in [0.3, 0.4) is 0 Å². The maximum atomic E-state index is 14.1. The lowest BCUT2D eigenvalue weighted by Gasteiger charge is -2.43. The van der Waals surface area contributed by atoms with Crippen molar-refractivity contribution in [1.29, 1.82) is 0 Å². The van der Waals surface area contributed by atoms with E-state index < -0.39 is 0 Å². The highest BCUT2D eigenvalue weighted by atomic mass is 32.1. The van der Waals surface area contributed by atoms with Gasteiger partial charge in [-0.25, -0.2) is 0 Å². The normalized spacial score (nSPS) is 25.5. The Balaban J connectivity index is 1.67. The second kappa shape index (κ2) is 8.64. The molecule has 0 aromatic heterocycles. The number of allylic oxidation sites excluding steroid dienone is 1. The molecule has 0 N–H and O–H groups in total. The number of fused-ring (bicyclic) bond motifs is 2. The molecule has 2 fully saturated rings. The van der Waals surface area contributed by atoms with Crippen molar-refractivity contribution in [2.24, 2.45) is 16.7 Å². The average molecular weight is 473 g/mol. The number of hydrogen-bond donors (Lipinski definition) is 0. The summed E-state index contributed by atoms with van der Waals surface area (Å²) < 4.78 is 0. The van der Waals surface area contributed by atoms with Gasteiger partial charge in [-0.3, -0.25) is 9.69 Å². The van der Waals surface area contributed by atoms with E-state index in [9.17, 15) is 4.79 Å². The number of benzene rings is 2. The second-order valence-corrected chi connectivity index (χ2v) is 11.4. The minimum Gasteiger partial charge on any atom is -0.374 e. The summed E-state index contributed by atoms with van der Waals surface area (Å²) in [6.45, 7) is 11.5. The third-order valence-corrected chi connectivity index (χ3v) is 9.45. The molecule has 3 aliphatic rings. The SMILES string of the molecule is Cc1ccccc1C(=O)N(C(=S)C1=C(N2CCCCC2)[C@]2(C)CC[C@H]1C2(C)C)c1ccccc1. The van der Waals surface area contributed by atoms with Crippen LogP contribution in [0.5, 0.6) is 0 Å². The quantitative estimate of drug-likeness (QED) is 0.441. The second-order valence-electron chi connectivity index (χ2n) is 11.1. The Morgan fingerprint density at radius 1 is 0.971 bits per heavy atom. The number of thiocarbonyl (C=S) groups is 1. The van der Waals surface area contributed by atoms with Gasteiger partial charge in [0.2, 0.25) is 0 Å². The highest BCUT2D eigenvalue weighted by molar-refractivity contribution is 7.81. The topological polar surface area (TPSA) is 23.6 Å². The number of anilines is 1. The molecule has 4 heteroatoms. The summed E-state index contributed by atoms with van der Waals surface area (Å²) in [5.41, 5.74) is 5.41. The molecule has 1 saturated carbocycles. The summed E-state index contributed by atoms with van der Waals surface area (Å²) >= 11 is 6.32. The molecule has 5 rings (SSSR count). The van der Waals surface area contributed by atoms with Crippen molar-refractivity contribution in [3.8, 4) is 0 Å². The Hall–Kier alpha value is -2.46. The zero-order valence-electron chi connectivity index (χ0n) is 20.9. The van der Waals surface area contributed by atoms with Crippen molar-refractivity contribution >= 4 is 28.8 Å². The fourth-order valence-corrected chi connectivity index (χ4v) is 7.16. The van der Waals surface area contributed by atoms with Crippen LogP contribution in [0.25, 0.3) is 0 Å². The molecular weight excluding hydrogens is 436 g/mol. The van der Waals surface area contributed by atoms with Crippen molar-refractivity contribution in [2.75, 3.05) is 18.0 Å². The smallest absolute Gasteiger partial charge is 0.263 e. The Labute approximate surface area is 209 Å². The van der Waals surface area contributed by atoms with Crippen LogP contribution in [0.1, 0.15) is 68.8 Å². The summed E-state index contributed by atoms with van der Waals surface area (Å²) in [6.07, 6.45) is 6.09. The van der Waals surface area contributed by atoms with Crippen LogP contribution in [0.4, 0.5) is 5.69 Å². The van der Waals surface area contributed by atoms with E-state index >= 15 is 0 Å². The number of likely N-dealkylation sites (tertiary alicyclic amines) is 1. The van der Waals surface area contributed by atoms with Crippen LogP contribution in [0, 0.1) is 23.7 Å². The molecule has 1 amide bonds. The zero-order chi connectivity index (χ0) is 24.1. The summed E-state index contributed by atoms with van der Waals surface area (Å²) in [7, 11) is 0. The van der Waals surface area contributed by atoms with Crippen molar-refractivity contribution in [2.45, 2.75) is 59.8 Å². The first kappa shape index (κ1) is 23.3. The Morgan fingerprint density at radius 3 is 2.29 bits per heavy atom. The van der Waals surface area contributed by atoms with E-state index in [0.29, 0.717) is 16.5 Å². The lowest BCUT2D eigenvalue weighted by molar-refractivity contribution is 0.100. The largest absolute Gasteiger partial charge is 0.374 e. The molecule has 1 heterocycles. The fraction of sp³-hybridized carbons (Fsp3) is 0.467. The molecule has 0 spiro atoms. The molecule has 3 nitrogen and oxygen atoms in total. The van der Waals surface area contributed by atoms with Crippen LogP contribution in [0.2, 0.25) is 0 Å². The number of nitrogens with zero attached hydrogens (tertiary/aromatic N) is 2. The average Bonchev–Trinajstić information content (AvgIpc) is 3.18. The maximum absolute atomic E-state index is 14.1. The van der Waals surface area contributed by atoms with Gasteiger partial charge in [0.25, 0.3) is 5.91 Å². The maximum Gasteiger partial charge on any atom is 0.263 e. The molecule has 2 bridgehead atoms. The van der Waals surface area contributed by atoms with E-state index in [1.54, 1.807) is 0 Å². The molecule has 0 radical (unpaired) electrons. The number of carbonyl (C=O) groups excluding carboxylic acids is 1. The van der Waals surface area contributed by atoms with Gasteiger partial charge in [0.05, 0.1) is 5.69 Å². The number of rotatable bonds is 4. The van der Waals surface area contributed by atoms with Gasteiger partial charge in [-0.1, -0.05) is 69.4 Å². The van der Waals surface area contributed by atoms with Gasteiger partial charge in [0.1, 0.15) is 4.99 Å². The summed E-state index contributed by atoms with van der Waals surface area (Å²) in [4.78, 5) is 19.2. The Bertz CT molecular complexity index is 1150. The van der Waals surface area contributed by atoms with Crippen LogP contribution in [0.15, 0.2) is 65.9 Å². The van der Waals surface area contributed by atoms with E-state index in [0.717, 1.165) is 30.8 Å². The van der Waals surface area contributed by atoms with Crippen LogP contribution >= 0.6 is 12.2 Å². The minimum absolute atomic E-state index is 0.0365. The molecular formula is C30H36N2OS. The zero-order valence-corrected chi connectivity index (χ0v) is 21.8. The van der Waals surface area contributed by atoms with E-state index in [2.05, 4.69) is 25.7 Å². The molecule has 1 saturated heterocycles. The molecule has 2 aliphatic carbocycles. The van der Waals surface area contributed by atoms with Gasteiger partial charge in [-0.05, 0) is 74.1 Å². The number of aryl methyl sites for hydroxylation is 1. The van der Waals surface area contributed by atoms with Crippen molar-refractivity contribution in [3.05, 3.63) is 77.0 Å². The van der Waals surface area contributed by atoms with Crippen LogP contribution in [-0.4, -0.2) is 28.9 Å². The Morgan fingerprint density at radius 2 is 1.62 bits per heavy atom. The molecule has 0 unspecified atom stereocenters. The third-order valence-electron chi connectivity index (χ3n) is 9.05. The van der Waals surface area contributed by atoms with Gasteiger partial charge in [0, 0.05) is 35.3 Å². The highest BCUT2D eigenvalue weighted by Crippen LogP contribution is 2.68. The van der Waals surface area contributed by atoms with Gasteiger partial charge in [-0.15, -0.1) is 0 Å². The van der Waals surface area contributed by atoms with E-state index in [-0.39, 0.29) is 16.7 Å². The molecule has 2 atom stereocenters. The number of piperidine rings is 1. The third kappa shape index (κ3) is 3.45. The summed E-state index contributed by atoms with van der Waals surface area (Å²) in [6, 6.07) is 17.8. The van der Waals surface area contributed by atoms with Crippen molar-refractivity contribution in [1.82, 2.24) is 4.90 Å². The standard InChI is InChI=1S/C30H36N2OS/c1-21-13-9-10-16-23(21)27(33)32(22-14-7-5-8-15-22)28(34)25-24-17-18-30(4,29(24,2)3)26(25)31-19-11-6-12-20-31/h5,7-10,13-16,24H,6,11-12,17-20H2,1-4H3/t24-,30+/m1/s1. The number of amides is 1. The number of carbonyl (C=O) groups is 1. The van der Waals surface area contributed by atoms with Gasteiger partial charge >= 0.3 is 0 Å². The van der Waals surface area contributed by atoms with E-state index in [1.165, 1.54) is 37.0 Å². The lowest BCUT2D eigenvalue weighted by atomic mass is 9.69. The van der Waals surface area contributed by atoms with Crippen molar-refractivity contribution < 1.29 is 4.79 Å². The van der Waals surface area contributed by atoms with E-state index in [4.69, 9.17) is 12.2 Å². The first-order valence-corrected chi connectivity index (χ1v) is 13.2.